The van der Waals surface area contributed by atoms with Crippen molar-refractivity contribution in [1.82, 2.24) is 15.0 Å². The van der Waals surface area contributed by atoms with E-state index in [9.17, 15) is 0 Å². The Bertz CT molecular complexity index is 538. The highest BCUT2D eigenvalue weighted by molar-refractivity contribution is 6.88. The van der Waals surface area contributed by atoms with Crippen molar-refractivity contribution < 1.29 is 0 Å². The number of hydrogen-bond donors (Lipinski definition) is 0. The monoisotopic (exact) mass is 287 g/mol. The Morgan fingerprint density at radius 2 is 1.75 bits per heavy atom. The van der Waals surface area contributed by atoms with Gasteiger partial charge in [-0.3, -0.25) is 4.68 Å². The molecule has 0 aliphatic rings. The molecular formula is C16H25N3Si. The molecule has 0 spiro atoms. The van der Waals surface area contributed by atoms with Gasteiger partial charge in [0.1, 0.15) is 8.07 Å². The smallest absolute Gasteiger partial charge is 0.106 e. The first-order valence-electron chi connectivity index (χ1n) is 7.41. The molecule has 0 aliphatic carbocycles. The molecule has 1 aromatic heterocycles. The van der Waals surface area contributed by atoms with Crippen LogP contribution in [0.2, 0.25) is 19.6 Å². The van der Waals surface area contributed by atoms with Gasteiger partial charge in [0.2, 0.25) is 0 Å². The molecule has 0 bridgehead atoms. The van der Waals surface area contributed by atoms with Gasteiger partial charge in [-0.05, 0) is 31.7 Å². The van der Waals surface area contributed by atoms with Crippen LogP contribution in [0.15, 0.2) is 30.5 Å². The lowest BCUT2D eigenvalue weighted by Gasteiger charge is -2.09. The maximum Gasteiger partial charge on any atom is 0.106 e. The van der Waals surface area contributed by atoms with Crippen LogP contribution in [0.5, 0.6) is 0 Å². The van der Waals surface area contributed by atoms with Gasteiger partial charge >= 0.3 is 0 Å². The van der Waals surface area contributed by atoms with E-state index >= 15 is 0 Å². The van der Waals surface area contributed by atoms with Crippen molar-refractivity contribution in [3.05, 3.63) is 41.6 Å². The average molecular weight is 287 g/mol. The summed E-state index contributed by atoms with van der Waals surface area (Å²) in [5.74, 6) is 0. The number of rotatable bonds is 6. The predicted molar refractivity (Wildman–Crippen MR) is 87.1 cm³/mol. The summed E-state index contributed by atoms with van der Waals surface area (Å²) in [5, 5.41) is 9.75. The molecule has 0 aliphatic heterocycles. The zero-order chi connectivity index (χ0) is 14.6. The highest BCUT2D eigenvalue weighted by Gasteiger charge is 2.20. The summed E-state index contributed by atoms with van der Waals surface area (Å²) >= 11 is 0. The third-order valence-electron chi connectivity index (χ3n) is 3.53. The van der Waals surface area contributed by atoms with Crippen molar-refractivity contribution in [2.75, 3.05) is 0 Å². The van der Waals surface area contributed by atoms with Gasteiger partial charge in [0.05, 0.1) is 5.32 Å². The first-order chi connectivity index (χ1) is 9.45. The van der Waals surface area contributed by atoms with Crippen LogP contribution < -0.4 is 5.32 Å². The van der Waals surface area contributed by atoms with E-state index < -0.39 is 8.07 Å². The Labute approximate surface area is 123 Å². The number of aryl methyl sites for hydroxylation is 3. The van der Waals surface area contributed by atoms with Crippen LogP contribution in [0.1, 0.15) is 24.0 Å². The van der Waals surface area contributed by atoms with Gasteiger partial charge in [0, 0.05) is 12.7 Å². The molecule has 2 aromatic rings. The maximum atomic E-state index is 4.31. The van der Waals surface area contributed by atoms with E-state index in [-0.39, 0.29) is 0 Å². The van der Waals surface area contributed by atoms with Gasteiger partial charge in [-0.25, -0.2) is 0 Å². The Kier molecular flexibility index (Phi) is 4.76. The normalized spacial score (nSPS) is 11.8. The molecule has 0 amide bonds. The highest BCUT2D eigenvalue weighted by Crippen LogP contribution is 2.08. The summed E-state index contributed by atoms with van der Waals surface area (Å²) in [5.41, 5.74) is 2.76. The summed E-state index contributed by atoms with van der Waals surface area (Å²) in [6.07, 6.45) is 5.64. The van der Waals surface area contributed by atoms with Gasteiger partial charge < -0.3 is 0 Å². The fraction of sp³-hybridized carbons (Fsp3) is 0.500. The van der Waals surface area contributed by atoms with Crippen LogP contribution in [0.3, 0.4) is 0 Å². The predicted octanol–water partition coefficient (Wildman–Crippen LogP) is 3.15. The van der Waals surface area contributed by atoms with Gasteiger partial charge in [0.25, 0.3) is 0 Å². The third kappa shape index (κ3) is 4.30. The van der Waals surface area contributed by atoms with Gasteiger partial charge in [-0.2, -0.15) is 0 Å². The number of unbranched alkanes of at least 4 members (excludes halogenated alkanes) is 1. The van der Waals surface area contributed by atoms with E-state index in [0.717, 1.165) is 19.4 Å². The van der Waals surface area contributed by atoms with E-state index in [4.69, 9.17) is 0 Å². The van der Waals surface area contributed by atoms with Crippen LogP contribution in [0, 0.1) is 6.92 Å². The lowest BCUT2D eigenvalue weighted by Crippen LogP contribution is -2.38. The van der Waals surface area contributed by atoms with E-state index in [1.165, 1.54) is 22.9 Å². The largest absolute Gasteiger partial charge is 0.253 e. The van der Waals surface area contributed by atoms with Crippen molar-refractivity contribution in [2.24, 2.45) is 0 Å². The average Bonchev–Trinajstić information content (AvgIpc) is 2.85. The topological polar surface area (TPSA) is 30.7 Å². The lowest BCUT2D eigenvalue weighted by molar-refractivity contribution is 0.541. The molecule has 1 heterocycles. The van der Waals surface area contributed by atoms with E-state index in [0.29, 0.717) is 0 Å². The molecule has 0 fully saturated rings. The second kappa shape index (κ2) is 6.35. The highest BCUT2D eigenvalue weighted by atomic mass is 28.3. The summed E-state index contributed by atoms with van der Waals surface area (Å²) in [6.45, 7) is 10.0. The van der Waals surface area contributed by atoms with Crippen molar-refractivity contribution in [1.29, 1.82) is 0 Å². The summed E-state index contributed by atoms with van der Waals surface area (Å²) < 4.78 is 2.00. The van der Waals surface area contributed by atoms with Crippen molar-refractivity contribution in [3.63, 3.8) is 0 Å². The van der Waals surface area contributed by atoms with Crippen molar-refractivity contribution >= 4 is 13.4 Å². The molecule has 3 nitrogen and oxygen atoms in total. The molecule has 0 atom stereocenters. The Hall–Kier alpha value is -1.42. The first-order valence-corrected chi connectivity index (χ1v) is 10.9. The maximum absolute atomic E-state index is 4.31. The summed E-state index contributed by atoms with van der Waals surface area (Å²) in [4.78, 5) is 0. The van der Waals surface area contributed by atoms with Crippen molar-refractivity contribution in [3.8, 4) is 0 Å². The number of aromatic nitrogens is 3. The minimum Gasteiger partial charge on any atom is -0.253 e. The third-order valence-corrected chi connectivity index (χ3v) is 5.30. The molecule has 4 heteroatoms. The molecule has 108 valence electrons. The van der Waals surface area contributed by atoms with E-state index in [2.05, 4.69) is 67.3 Å². The van der Waals surface area contributed by atoms with Gasteiger partial charge in [-0.15, -0.1) is 5.10 Å². The summed E-state index contributed by atoms with van der Waals surface area (Å²) in [7, 11) is -1.31. The van der Waals surface area contributed by atoms with E-state index in [1.54, 1.807) is 0 Å². The van der Waals surface area contributed by atoms with Crippen LogP contribution in [-0.4, -0.2) is 23.1 Å². The molecule has 0 saturated heterocycles. The van der Waals surface area contributed by atoms with Crippen LogP contribution in [0.25, 0.3) is 0 Å². The molecule has 20 heavy (non-hydrogen) atoms. The molecule has 0 radical (unpaired) electrons. The lowest BCUT2D eigenvalue weighted by atomic mass is 10.1. The van der Waals surface area contributed by atoms with Gasteiger partial charge in [0.15, 0.2) is 0 Å². The Morgan fingerprint density at radius 1 is 1.05 bits per heavy atom. The van der Waals surface area contributed by atoms with E-state index in [1.807, 2.05) is 4.68 Å². The Morgan fingerprint density at radius 3 is 2.35 bits per heavy atom. The second-order valence-electron chi connectivity index (χ2n) is 6.56. The summed E-state index contributed by atoms with van der Waals surface area (Å²) in [6, 6.07) is 8.84. The van der Waals surface area contributed by atoms with Crippen LogP contribution in [0.4, 0.5) is 0 Å². The van der Waals surface area contributed by atoms with Gasteiger partial charge in [-0.1, -0.05) is 54.7 Å². The number of nitrogens with zero attached hydrogens (tertiary/aromatic N) is 3. The minimum atomic E-state index is -1.31. The van der Waals surface area contributed by atoms with Crippen molar-refractivity contribution in [2.45, 2.75) is 52.4 Å². The fourth-order valence-corrected chi connectivity index (χ4v) is 2.99. The molecule has 0 saturated carbocycles. The van der Waals surface area contributed by atoms with Crippen LogP contribution >= 0.6 is 0 Å². The van der Waals surface area contributed by atoms with Crippen LogP contribution in [-0.2, 0) is 13.0 Å². The minimum absolute atomic E-state index is 0.976. The molecule has 0 unspecified atom stereocenters. The molecule has 0 N–H and O–H groups in total. The quantitative estimate of drug-likeness (QED) is 0.603. The molecule has 2 rings (SSSR count). The fourth-order valence-electron chi connectivity index (χ4n) is 2.11. The SMILES string of the molecule is Cc1ccc(CCCCn2cc([Si](C)(C)C)nn2)cc1. The Balaban J connectivity index is 1.76. The molecular weight excluding hydrogens is 262 g/mol. The standard InChI is InChI=1S/C16H25N3Si/c1-14-8-10-15(11-9-14)7-5-6-12-19-13-16(17-18-19)20(2,3)4/h8-11,13H,5-7,12H2,1-4H3. The zero-order valence-corrected chi connectivity index (χ0v) is 14.1. The number of benzene rings is 1. The number of hydrogen-bond acceptors (Lipinski definition) is 2. The molecule has 1 aromatic carbocycles. The second-order valence-corrected chi connectivity index (χ2v) is 11.6. The first kappa shape index (κ1) is 15.0. The zero-order valence-electron chi connectivity index (χ0n) is 13.1.